The number of nitrogens with one attached hydrogen (secondary N) is 2. The van der Waals surface area contributed by atoms with Crippen LogP contribution in [0.5, 0.6) is 0 Å². The number of urea groups is 1. The van der Waals surface area contributed by atoms with E-state index in [1.807, 2.05) is 0 Å². The molecule has 2 aromatic rings. The van der Waals surface area contributed by atoms with Crippen molar-refractivity contribution in [1.82, 2.24) is 0 Å². The molecule has 2 amide bonds. The van der Waals surface area contributed by atoms with Crippen LogP contribution in [-0.2, 0) is 0 Å². The third kappa shape index (κ3) is 4.42. The van der Waals surface area contributed by atoms with Crippen LogP contribution in [0.3, 0.4) is 0 Å². The number of anilines is 2. The van der Waals surface area contributed by atoms with Gasteiger partial charge < -0.3 is 16.4 Å². The molecule has 0 heterocycles. The first-order valence-electron chi connectivity index (χ1n) is 5.88. The summed E-state index contributed by atoms with van der Waals surface area (Å²) >= 11 is 14.2. The van der Waals surface area contributed by atoms with E-state index in [1.54, 1.807) is 42.5 Å². The van der Waals surface area contributed by atoms with Crippen LogP contribution in [0.2, 0.25) is 5.02 Å². The van der Waals surface area contributed by atoms with Crippen LogP contribution < -0.4 is 16.4 Å². The lowest BCUT2D eigenvalue weighted by atomic mass is 10.2. The number of amides is 2. The lowest BCUT2D eigenvalue weighted by molar-refractivity contribution is 0.262. The van der Waals surface area contributed by atoms with Gasteiger partial charge >= 0.3 is 6.03 Å². The molecule has 0 atom stereocenters. The van der Waals surface area contributed by atoms with Crippen LogP contribution in [0, 0.1) is 0 Å². The Hall–Kier alpha value is -1.63. The molecule has 0 spiro atoms. The van der Waals surface area contributed by atoms with Crippen molar-refractivity contribution >= 4 is 62.1 Å². The summed E-state index contributed by atoms with van der Waals surface area (Å²) in [5.74, 6) is 0. The Labute approximate surface area is 140 Å². The van der Waals surface area contributed by atoms with E-state index < -0.39 is 6.03 Å². The third-order valence-electron chi connectivity index (χ3n) is 2.58. The van der Waals surface area contributed by atoms with Gasteiger partial charge in [0.05, 0.1) is 5.69 Å². The molecule has 2 aromatic carbocycles. The average Bonchev–Trinajstić information content (AvgIpc) is 2.38. The van der Waals surface area contributed by atoms with Crippen LogP contribution in [0.15, 0.2) is 46.9 Å². The molecule has 108 valence electrons. The predicted octanol–water partition coefficient (Wildman–Crippen LogP) is 4.38. The first-order valence-corrected chi connectivity index (χ1v) is 7.46. The monoisotopic (exact) mass is 383 g/mol. The minimum absolute atomic E-state index is 0.209. The lowest BCUT2D eigenvalue weighted by Gasteiger charge is -2.12. The quantitative estimate of drug-likeness (QED) is 0.688. The van der Waals surface area contributed by atoms with Crippen LogP contribution in [0.4, 0.5) is 16.2 Å². The fourth-order valence-corrected chi connectivity index (χ4v) is 2.42. The van der Waals surface area contributed by atoms with Gasteiger partial charge in [-0.05, 0) is 36.4 Å². The Morgan fingerprint density at radius 3 is 2.62 bits per heavy atom. The number of hydrogen-bond acceptors (Lipinski definition) is 2. The van der Waals surface area contributed by atoms with E-state index in [2.05, 4.69) is 26.6 Å². The molecule has 0 aliphatic rings. The van der Waals surface area contributed by atoms with Crippen molar-refractivity contribution in [3.05, 3.63) is 57.5 Å². The standard InChI is InChI=1S/C14H11BrClN3OS/c15-8-4-5-11(13(17)21)12(6-8)19-14(20)18-10-3-1-2-9(16)7-10/h1-7H,(H2,17,21)(H2,18,19,20). The van der Waals surface area contributed by atoms with Gasteiger partial charge in [-0.25, -0.2) is 4.79 Å². The highest BCUT2D eigenvalue weighted by atomic mass is 79.9. The summed E-state index contributed by atoms with van der Waals surface area (Å²) in [6, 6.07) is 11.7. The number of benzene rings is 2. The van der Waals surface area contributed by atoms with E-state index in [0.29, 0.717) is 22.0 Å². The Bertz CT molecular complexity index is 708. The van der Waals surface area contributed by atoms with Gasteiger partial charge in [0.2, 0.25) is 0 Å². The fraction of sp³-hybridized carbons (Fsp3) is 0. The number of carbonyl (C=O) groups is 1. The van der Waals surface area contributed by atoms with Gasteiger partial charge in [0.1, 0.15) is 4.99 Å². The van der Waals surface area contributed by atoms with Gasteiger partial charge in [-0.3, -0.25) is 0 Å². The van der Waals surface area contributed by atoms with Crippen molar-refractivity contribution < 1.29 is 4.79 Å². The number of halogens is 2. The van der Waals surface area contributed by atoms with Crippen molar-refractivity contribution in [2.45, 2.75) is 0 Å². The van der Waals surface area contributed by atoms with E-state index in [9.17, 15) is 4.79 Å². The molecule has 0 saturated carbocycles. The van der Waals surface area contributed by atoms with Crippen LogP contribution in [0.1, 0.15) is 5.56 Å². The Morgan fingerprint density at radius 2 is 1.95 bits per heavy atom. The number of rotatable bonds is 3. The molecule has 0 unspecified atom stereocenters. The maximum atomic E-state index is 12.0. The molecule has 0 radical (unpaired) electrons. The van der Waals surface area contributed by atoms with Crippen molar-refractivity contribution in [3.63, 3.8) is 0 Å². The zero-order valence-electron chi connectivity index (χ0n) is 10.7. The normalized spacial score (nSPS) is 10.0. The molecular formula is C14H11BrClN3OS. The summed E-state index contributed by atoms with van der Waals surface area (Å²) in [5, 5.41) is 5.93. The molecule has 4 N–H and O–H groups in total. The first kappa shape index (κ1) is 15.8. The minimum atomic E-state index is -0.409. The molecular weight excluding hydrogens is 374 g/mol. The number of nitrogens with two attached hydrogens (primary N) is 1. The van der Waals surface area contributed by atoms with Gasteiger partial charge in [0.25, 0.3) is 0 Å². The zero-order valence-corrected chi connectivity index (χ0v) is 13.8. The van der Waals surface area contributed by atoms with Gasteiger partial charge in [0, 0.05) is 20.7 Å². The summed E-state index contributed by atoms with van der Waals surface area (Å²) in [5.41, 5.74) is 7.35. The summed E-state index contributed by atoms with van der Waals surface area (Å²) < 4.78 is 0.806. The molecule has 0 aliphatic heterocycles. The summed E-state index contributed by atoms with van der Waals surface area (Å²) in [6.45, 7) is 0. The molecule has 0 aliphatic carbocycles. The van der Waals surface area contributed by atoms with Crippen LogP contribution in [0.25, 0.3) is 0 Å². The first-order chi connectivity index (χ1) is 9.95. The molecule has 4 nitrogen and oxygen atoms in total. The fourth-order valence-electron chi connectivity index (χ4n) is 1.69. The van der Waals surface area contributed by atoms with Gasteiger partial charge in [-0.2, -0.15) is 0 Å². The molecule has 21 heavy (non-hydrogen) atoms. The van der Waals surface area contributed by atoms with Crippen LogP contribution >= 0.6 is 39.7 Å². The number of thiocarbonyl (C=S) groups is 1. The van der Waals surface area contributed by atoms with Gasteiger partial charge in [0.15, 0.2) is 0 Å². The van der Waals surface area contributed by atoms with E-state index in [-0.39, 0.29) is 4.99 Å². The molecule has 7 heteroatoms. The second kappa shape index (κ2) is 6.89. The Balaban J connectivity index is 2.16. The maximum absolute atomic E-state index is 12.0. The molecule has 0 saturated heterocycles. The van der Waals surface area contributed by atoms with Crippen molar-refractivity contribution in [2.75, 3.05) is 10.6 Å². The van der Waals surface area contributed by atoms with Crippen molar-refractivity contribution in [2.24, 2.45) is 5.73 Å². The lowest BCUT2D eigenvalue weighted by Crippen LogP contribution is -2.22. The predicted molar refractivity (Wildman–Crippen MR) is 94.1 cm³/mol. The second-order valence-electron chi connectivity index (χ2n) is 4.14. The molecule has 2 rings (SSSR count). The minimum Gasteiger partial charge on any atom is -0.389 e. The van der Waals surface area contributed by atoms with Gasteiger partial charge in [-0.1, -0.05) is 45.8 Å². The molecule has 0 fully saturated rings. The van der Waals surface area contributed by atoms with Crippen molar-refractivity contribution in [3.8, 4) is 0 Å². The van der Waals surface area contributed by atoms with Crippen molar-refractivity contribution in [1.29, 1.82) is 0 Å². The third-order valence-corrected chi connectivity index (χ3v) is 3.53. The molecule has 0 aromatic heterocycles. The summed E-state index contributed by atoms with van der Waals surface area (Å²) in [7, 11) is 0. The number of carbonyl (C=O) groups excluding carboxylic acids is 1. The van der Waals surface area contributed by atoms with E-state index in [1.165, 1.54) is 0 Å². The smallest absolute Gasteiger partial charge is 0.323 e. The maximum Gasteiger partial charge on any atom is 0.323 e. The Morgan fingerprint density at radius 1 is 1.19 bits per heavy atom. The second-order valence-corrected chi connectivity index (χ2v) is 5.94. The Kier molecular flexibility index (Phi) is 5.17. The number of hydrogen-bond donors (Lipinski definition) is 3. The van der Waals surface area contributed by atoms with Gasteiger partial charge in [-0.15, -0.1) is 0 Å². The largest absolute Gasteiger partial charge is 0.389 e. The highest BCUT2D eigenvalue weighted by Gasteiger charge is 2.10. The van der Waals surface area contributed by atoms with E-state index in [4.69, 9.17) is 29.6 Å². The zero-order chi connectivity index (χ0) is 15.4. The average molecular weight is 385 g/mol. The van der Waals surface area contributed by atoms with Crippen LogP contribution in [-0.4, -0.2) is 11.0 Å². The topological polar surface area (TPSA) is 67.1 Å². The summed E-state index contributed by atoms with van der Waals surface area (Å²) in [4.78, 5) is 12.2. The van der Waals surface area contributed by atoms with E-state index in [0.717, 1.165) is 4.47 Å². The summed E-state index contributed by atoms with van der Waals surface area (Å²) in [6.07, 6.45) is 0. The SMILES string of the molecule is NC(=S)c1ccc(Br)cc1NC(=O)Nc1cccc(Cl)c1. The highest BCUT2D eigenvalue weighted by molar-refractivity contribution is 9.10. The molecule has 0 bridgehead atoms. The van der Waals surface area contributed by atoms with E-state index >= 15 is 0 Å². The highest BCUT2D eigenvalue weighted by Crippen LogP contribution is 2.22.